The van der Waals surface area contributed by atoms with Gasteiger partial charge in [0.25, 0.3) is 0 Å². The molecule has 0 amide bonds. The molecule has 0 bridgehead atoms. The van der Waals surface area contributed by atoms with Gasteiger partial charge in [-0.3, -0.25) is 4.98 Å². The zero-order chi connectivity index (χ0) is 14.4. The molecule has 0 spiro atoms. The molecule has 0 fully saturated rings. The Hall–Kier alpha value is -2.16. The monoisotopic (exact) mass is 278 g/mol. The second kappa shape index (κ2) is 4.42. The molecule has 106 valence electrons. The Bertz CT molecular complexity index is 706. The molecule has 0 saturated carbocycles. The molecule has 4 rings (SSSR count). The normalized spacial score (nSPS) is 23.2. The van der Waals surface area contributed by atoms with Gasteiger partial charge in [-0.15, -0.1) is 0 Å². The van der Waals surface area contributed by atoms with Gasteiger partial charge in [0.1, 0.15) is 12.1 Å². The highest BCUT2D eigenvalue weighted by Crippen LogP contribution is 2.42. The molecule has 0 saturated heterocycles. The van der Waals surface area contributed by atoms with Crippen LogP contribution in [0.5, 0.6) is 0 Å². The number of hydrogen-bond donors (Lipinski definition) is 0. The SMILES string of the molecule is CC(C)(C1=N[C@@H]2c3ccccc3C[C@@H]2O1)c1ccccn1. The van der Waals surface area contributed by atoms with Crippen LogP contribution in [-0.4, -0.2) is 17.0 Å². The van der Waals surface area contributed by atoms with E-state index in [0.29, 0.717) is 0 Å². The summed E-state index contributed by atoms with van der Waals surface area (Å²) in [6.07, 6.45) is 2.93. The minimum atomic E-state index is -0.291. The van der Waals surface area contributed by atoms with Crippen LogP contribution in [0.2, 0.25) is 0 Å². The van der Waals surface area contributed by atoms with Crippen LogP contribution in [0.1, 0.15) is 36.7 Å². The Kier molecular flexibility index (Phi) is 2.64. The lowest BCUT2D eigenvalue weighted by atomic mass is 9.88. The molecule has 0 N–H and O–H groups in total. The Labute approximate surface area is 124 Å². The van der Waals surface area contributed by atoms with Crippen LogP contribution in [0.4, 0.5) is 0 Å². The fraction of sp³-hybridized carbons (Fsp3) is 0.333. The maximum Gasteiger partial charge on any atom is 0.196 e. The molecule has 1 aromatic heterocycles. The highest BCUT2D eigenvalue weighted by molar-refractivity contribution is 5.88. The van der Waals surface area contributed by atoms with Crippen LogP contribution in [0.15, 0.2) is 53.7 Å². The predicted octanol–water partition coefficient (Wildman–Crippen LogP) is 3.45. The van der Waals surface area contributed by atoms with E-state index in [1.165, 1.54) is 11.1 Å². The number of pyridine rings is 1. The van der Waals surface area contributed by atoms with E-state index < -0.39 is 0 Å². The molecule has 2 atom stereocenters. The smallest absolute Gasteiger partial charge is 0.196 e. The largest absolute Gasteiger partial charge is 0.474 e. The van der Waals surface area contributed by atoms with Crippen LogP contribution in [0, 0.1) is 0 Å². The molecule has 1 aromatic carbocycles. The fourth-order valence-electron chi connectivity index (χ4n) is 3.25. The van der Waals surface area contributed by atoms with Crippen molar-refractivity contribution in [3.63, 3.8) is 0 Å². The number of hydrogen-bond acceptors (Lipinski definition) is 3. The maximum atomic E-state index is 6.20. The van der Waals surface area contributed by atoms with Gasteiger partial charge in [-0.2, -0.15) is 0 Å². The molecule has 1 aliphatic carbocycles. The summed E-state index contributed by atoms with van der Waals surface area (Å²) in [7, 11) is 0. The van der Waals surface area contributed by atoms with Crippen molar-refractivity contribution in [1.82, 2.24) is 4.98 Å². The van der Waals surface area contributed by atoms with Gasteiger partial charge in [-0.1, -0.05) is 30.3 Å². The molecule has 3 nitrogen and oxygen atoms in total. The number of ether oxygens (including phenoxy) is 1. The molecule has 2 aliphatic rings. The Morgan fingerprint density at radius 2 is 1.90 bits per heavy atom. The third kappa shape index (κ3) is 1.88. The quantitative estimate of drug-likeness (QED) is 0.843. The standard InChI is InChI=1S/C18H18N2O/c1-18(2,15-9-5-6-10-19-15)17-20-16-13-8-4-3-7-12(13)11-14(16)21-17/h3-10,14,16H,11H2,1-2H3/t14-,16+/m0/s1. The molecular weight excluding hydrogens is 260 g/mol. The highest BCUT2D eigenvalue weighted by Gasteiger charge is 2.44. The average molecular weight is 278 g/mol. The van der Waals surface area contributed by atoms with Crippen LogP contribution in [-0.2, 0) is 16.6 Å². The Morgan fingerprint density at radius 1 is 1.10 bits per heavy atom. The summed E-state index contributed by atoms with van der Waals surface area (Å²) in [4.78, 5) is 9.37. The summed E-state index contributed by atoms with van der Waals surface area (Å²) in [6.45, 7) is 4.25. The van der Waals surface area contributed by atoms with Crippen LogP contribution >= 0.6 is 0 Å². The van der Waals surface area contributed by atoms with Crippen LogP contribution in [0.25, 0.3) is 0 Å². The zero-order valence-electron chi connectivity index (χ0n) is 12.3. The second-order valence-electron chi connectivity index (χ2n) is 6.28. The summed E-state index contributed by atoms with van der Waals surface area (Å²) in [5, 5.41) is 0. The lowest BCUT2D eigenvalue weighted by Gasteiger charge is -2.24. The molecule has 0 radical (unpaired) electrons. The first-order chi connectivity index (χ1) is 10.2. The van der Waals surface area contributed by atoms with E-state index in [2.05, 4.69) is 43.1 Å². The molecule has 2 aromatic rings. The van der Waals surface area contributed by atoms with Crippen molar-refractivity contribution < 1.29 is 4.74 Å². The lowest BCUT2D eigenvalue weighted by Crippen LogP contribution is -2.32. The van der Waals surface area contributed by atoms with E-state index in [-0.39, 0.29) is 17.6 Å². The van der Waals surface area contributed by atoms with Crippen molar-refractivity contribution in [1.29, 1.82) is 0 Å². The fourth-order valence-corrected chi connectivity index (χ4v) is 3.25. The lowest BCUT2D eigenvalue weighted by molar-refractivity contribution is 0.191. The summed E-state index contributed by atoms with van der Waals surface area (Å²) in [5.41, 5.74) is 3.39. The number of aliphatic imine (C=N–C) groups is 1. The molecule has 21 heavy (non-hydrogen) atoms. The van der Waals surface area contributed by atoms with E-state index in [4.69, 9.17) is 9.73 Å². The van der Waals surface area contributed by atoms with E-state index in [1.807, 2.05) is 24.4 Å². The van der Waals surface area contributed by atoms with Gasteiger partial charge < -0.3 is 4.74 Å². The van der Waals surface area contributed by atoms with Crippen molar-refractivity contribution in [2.75, 3.05) is 0 Å². The number of aromatic nitrogens is 1. The number of fused-ring (bicyclic) bond motifs is 3. The molecule has 3 heteroatoms. The third-order valence-corrected chi connectivity index (χ3v) is 4.51. The number of benzene rings is 1. The second-order valence-corrected chi connectivity index (χ2v) is 6.28. The zero-order valence-corrected chi connectivity index (χ0v) is 12.3. The van der Waals surface area contributed by atoms with Gasteiger partial charge in [0.2, 0.25) is 0 Å². The van der Waals surface area contributed by atoms with E-state index in [9.17, 15) is 0 Å². The van der Waals surface area contributed by atoms with E-state index in [1.54, 1.807) is 0 Å². The first-order valence-corrected chi connectivity index (χ1v) is 7.40. The summed E-state index contributed by atoms with van der Waals surface area (Å²) >= 11 is 0. The molecule has 1 aliphatic heterocycles. The van der Waals surface area contributed by atoms with Gasteiger partial charge in [0.05, 0.1) is 11.1 Å². The van der Waals surface area contributed by atoms with Crippen LogP contribution in [0.3, 0.4) is 0 Å². The summed E-state index contributed by atoms with van der Waals surface area (Å²) in [6, 6.07) is 14.6. The van der Waals surface area contributed by atoms with Gasteiger partial charge in [-0.25, -0.2) is 4.99 Å². The predicted molar refractivity (Wildman–Crippen MR) is 82.5 cm³/mol. The Morgan fingerprint density at radius 3 is 2.71 bits per heavy atom. The van der Waals surface area contributed by atoms with Crippen molar-refractivity contribution in [2.24, 2.45) is 4.99 Å². The van der Waals surface area contributed by atoms with E-state index in [0.717, 1.165) is 18.0 Å². The average Bonchev–Trinajstić information content (AvgIpc) is 3.06. The summed E-state index contributed by atoms with van der Waals surface area (Å²) < 4.78 is 6.20. The molecule has 0 unspecified atom stereocenters. The maximum absolute atomic E-state index is 6.20. The van der Waals surface area contributed by atoms with Crippen molar-refractivity contribution >= 4 is 5.90 Å². The van der Waals surface area contributed by atoms with Crippen molar-refractivity contribution in [3.05, 3.63) is 65.5 Å². The number of nitrogens with zero attached hydrogens (tertiary/aromatic N) is 2. The Balaban J connectivity index is 1.70. The van der Waals surface area contributed by atoms with Crippen molar-refractivity contribution in [3.8, 4) is 0 Å². The van der Waals surface area contributed by atoms with Gasteiger partial charge >= 0.3 is 0 Å². The third-order valence-electron chi connectivity index (χ3n) is 4.51. The summed E-state index contributed by atoms with van der Waals surface area (Å²) in [5.74, 6) is 0.811. The minimum Gasteiger partial charge on any atom is -0.474 e. The first kappa shape index (κ1) is 12.6. The molecule has 2 heterocycles. The van der Waals surface area contributed by atoms with E-state index >= 15 is 0 Å². The van der Waals surface area contributed by atoms with Gasteiger partial charge in [0, 0.05) is 12.6 Å². The molecular formula is C18H18N2O. The topological polar surface area (TPSA) is 34.5 Å². The van der Waals surface area contributed by atoms with Crippen molar-refractivity contribution in [2.45, 2.75) is 37.8 Å². The highest BCUT2D eigenvalue weighted by atomic mass is 16.5. The first-order valence-electron chi connectivity index (χ1n) is 7.40. The van der Waals surface area contributed by atoms with Gasteiger partial charge in [0.15, 0.2) is 5.90 Å². The van der Waals surface area contributed by atoms with Gasteiger partial charge in [-0.05, 0) is 37.1 Å². The minimum absolute atomic E-state index is 0.152. The number of rotatable bonds is 2. The van der Waals surface area contributed by atoms with Crippen LogP contribution < -0.4 is 0 Å².